The first-order valence-electron chi connectivity index (χ1n) is 6.08. The van der Waals surface area contributed by atoms with Crippen LogP contribution in [0.25, 0.3) is 0 Å². The molecule has 0 radical (unpaired) electrons. The number of hydrogen-bond acceptors (Lipinski definition) is 4. The minimum absolute atomic E-state index is 0.115. The minimum Gasteiger partial charge on any atom is -0.366 e. The second kappa shape index (κ2) is 5.16. The first-order chi connectivity index (χ1) is 8.59. The fourth-order valence-corrected chi connectivity index (χ4v) is 2.41. The van der Waals surface area contributed by atoms with Gasteiger partial charge in [-0.2, -0.15) is 0 Å². The zero-order valence-electron chi connectivity index (χ0n) is 10.3. The molecule has 1 aliphatic heterocycles. The fourth-order valence-electron chi connectivity index (χ4n) is 2.41. The Morgan fingerprint density at radius 2 is 1.94 bits per heavy atom. The number of nitro benzene ring substituents is 1. The molecule has 5 nitrogen and oxygen atoms in total. The summed E-state index contributed by atoms with van der Waals surface area (Å²) in [5.74, 6) is 0.334. The number of nitrogens with zero attached hydrogens (tertiary/aromatic N) is 2. The first kappa shape index (κ1) is 12.5. The summed E-state index contributed by atoms with van der Waals surface area (Å²) in [6.45, 7) is 3.02. The number of anilines is 1. The van der Waals surface area contributed by atoms with Crippen molar-refractivity contribution in [3.8, 4) is 0 Å². The summed E-state index contributed by atoms with van der Waals surface area (Å²) in [6, 6.07) is 6.77. The summed E-state index contributed by atoms with van der Waals surface area (Å²) in [6.07, 6.45) is 1.56. The van der Waals surface area contributed by atoms with Crippen molar-refractivity contribution >= 4 is 17.2 Å². The Hall–Kier alpha value is -1.91. The van der Waals surface area contributed by atoms with Crippen molar-refractivity contribution in [3.05, 3.63) is 34.4 Å². The van der Waals surface area contributed by atoms with Crippen LogP contribution < -0.4 is 4.90 Å². The fraction of sp³-hybridized carbons (Fsp3) is 0.462. The quantitative estimate of drug-likeness (QED) is 0.608. The number of piperidine rings is 1. The van der Waals surface area contributed by atoms with E-state index in [0.717, 1.165) is 12.8 Å². The molecule has 5 heteroatoms. The van der Waals surface area contributed by atoms with E-state index in [4.69, 9.17) is 0 Å². The van der Waals surface area contributed by atoms with Gasteiger partial charge in [-0.25, -0.2) is 0 Å². The number of rotatable bonds is 3. The van der Waals surface area contributed by atoms with Gasteiger partial charge in [-0.1, -0.05) is 12.1 Å². The minimum atomic E-state index is -0.355. The van der Waals surface area contributed by atoms with Crippen LogP contribution >= 0.6 is 0 Å². The molecular formula is C13H16N2O3. The van der Waals surface area contributed by atoms with E-state index in [1.807, 2.05) is 4.90 Å². The average Bonchev–Trinajstić information content (AvgIpc) is 2.39. The standard InChI is InChI=1S/C13H16N2O3/c1-10(16)11-6-8-14(9-7-11)12-4-2-3-5-13(12)15(17)18/h2-5,11H,6-9H2,1H3. The number of para-hydroxylation sites is 2. The largest absolute Gasteiger partial charge is 0.366 e. The van der Waals surface area contributed by atoms with Crippen LogP contribution in [0.15, 0.2) is 24.3 Å². The van der Waals surface area contributed by atoms with Gasteiger partial charge in [0.2, 0.25) is 0 Å². The maximum absolute atomic E-state index is 11.3. The molecule has 1 heterocycles. The van der Waals surface area contributed by atoms with E-state index in [1.54, 1.807) is 25.1 Å². The summed E-state index contributed by atoms with van der Waals surface area (Å²) in [4.78, 5) is 23.9. The molecule has 0 atom stereocenters. The predicted octanol–water partition coefficient (Wildman–Crippen LogP) is 2.40. The number of carbonyl (C=O) groups excluding carboxylic acids is 1. The number of hydrogen-bond donors (Lipinski definition) is 0. The monoisotopic (exact) mass is 248 g/mol. The highest BCUT2D eigenvalue weighted by atomic mass is 16.6. The summed E-state index contributed by atoms with van der Waals surface area (Å²) < 4.78 is 0. The molecule has 0 aromatic heterocycles. The Morgan fingerprint density at radius 3 is 2.50 bits per heavy atom. The molecule has 96 valence electrons. The normalized spacial score (nSPS) is 16.6. The van der Waals surface area contributed by atoms with Gasteiger partial charge in [0.25, 0.3) is 5.69 Å². The Bertz CT molecular complexity index is 465. The van der Waals surface area contributed by atoms with E-state index in [2.05, 4.69) is 0 Å². The zero-order valence-corrected chi connectivity index (χ0v) is 10.3. The summed E-state index contributed by atoms with van der Waals surface area (Å²) in [7, 11) is 0. The highest BCUT2D eigenvalue weighted by molar-refractivity contribution is 5.78. The Kier molecular flexibility index (Phi) is 3.60. The molecule has 0 saturated carbocycles. The van der Waals surface area contributed by atoms with Crippen molar-refractivity contribution in [2.75, 3.05) is 18.0 Å². The van der Waals surface area contributed by atoms with Gasteiger partial charge in [-0.3, -0.25) is 14.9 Å². The SMILES string of the molecule is CC(=O)C1CCN(c2ccccc2[N+](=O)[O-])CC1. The van der Waals surface area contributed by atoms with Gasteiger partial charge < -0.3 is 4.90 Å². The van der Waals surface area contributed by atoms with Crippen LogP contribution in [0.1, 0.15) is 19.8 Å². The third-order valence-corrected chi connectivity index (χ3v) is 3.49. The lowest BCUT2D eigenvalue weighted by Gasteiger charge is -2.32. The van der Waals surface area contributed by atoms with Gasteiger partial charge in [-0.15, -0.1) is 0 Å². The van der Waals surface area contributed by atoms with E-state index in [0.29, 0.717) is 18.8 Å². The highest BCUT2D eigenvalue weighted by Gasteiger charge is 2.26. The molecule has 0 bridgehead atoms. The van der Waals surface area contributed by atoms with Crippen LogP contribution in [0, 0.1) is 16.0 Å². The molecule has 0 unspecified atom stereocenters. The van der Waals surface area contributed by atoms with E-state index >= 15 is 0 Å². The molecule has 18 heavy (non-hydrogen) atoms. The topological polar surface area (TPSA) is 63.5 Å². The maximum atomic E-state index is 11.3. The average molecular weight is 248 g/mol. The number of ketones is 1. The second-order valence-electron chi connectivity index (χ2n) is 4.62. The molecule has 1 aliphatic rings. The molecule has 0 N–H and O–H groups in total. The lowest BCUT2D eigenvalue weighted by molar-refractivity contribution is -0.384. The number of Topliss-reactive ketones (excluding diaryl/α,β-unsaturated/α-hetero) is 1. The Balaban J connectivity index is 2.15. The third-order valence-electron chi connectivity index (χ3n) is 3.49. The molecule has 1 fully saturated rings. The molecule has 1 aromatic rings. The van der Waals surface area contributed by atoms with Crippen LogP contribution in [0.2, 0.25) is 0 Å². The summed E-state index contributed by atoms with van der Waals surface area (Å²) in [5, 5.41) is 11.0. The Morgan fingerprint density at radius 1 is 1.33 bits per heavy atom. The molecule has 0 aliphatic carbocycles. The van der Waals surface area contributed by atoms with Crippen molar-refractivity contribution < 1.29 is 9.72 Å². The van der Waals surface area contributed by atoms with Crippen LogP contribution in [0.5, 0.6) is 0 Å². The first-order valence-corrected chi connectivity index (χ1v) is 6.08. The van der Waals surface area contributed by atoms with Gasteiger partial charge in [0.15, 0.2) is 0 Å². The molecule has 0 spiro atoms. The van der Waals surface area contributed by atoms with Crippen molar-refractivity contribution in [3.63, 3.8) is 0 Å². The number of nitro groups is 1. The number of benzene rings is 1. The second-order valence-corrected chi connectivity index (χ2v) is 4.62. The van der Waals surface area contributed by atoms with Gasteiger partial charge in [0.1, 0.15) is 11.5 Å². The van der Waals surface area contributed by atoms with Gasteiger partial charge in [0.05, 0.1) is 4.92 Å². The van der Waals surface area contributed by atoms with E-state index < -0.39 is 0 Å². The van der Waals surface area contributed by atoms with Crippen molar-refractivity contribution in [2.24, 2.45) is 5.92 Å². The van der Waals surface area contributed by atoms with Crippen LogP contribution in [0.4, 0.5) is 11.4 Å². The van der Waals surface area contributed by atoms with Crippen molar-refractivity contribution in [1.29, 1.82) is 0 Å². The van der Waals surface area contributed by atoms with E-state index in [-0.39, 0.29) is 22.3 Å². The van der Waals surface area contributed by atoms with Crippen LogP contribution in [-0.4, -0.2) is 23.8 Å². The van der Waals surface area contributed by atoms with Gasteiger partial charge in [0, 0.05) is 25.1 Å². The van der Waals surface area contributed by atoms with Gasteiger partial charge in [-0.05, 0) is 25.8 Å². The number of carbonyl (C=O) groups is 1. The zero-order chi connectivity index (χ0) is 13.1. The molecule has 1 saturated heterocycles. The van der Waals surface area contributed by atoms with Crippen LogP contribution in [0.3, 0.4) is 0 Å². The highest BCUT2D eigenvalue weighted by Crippen LogP contribution is 2.31. The predicted molar refractivity (Wildman–Crippen MR) is 68.7 cm³/mol. The molecule has 2 rings (SSSR count). The molecular weight excluding hydrogens is 232 g/mol. The summed E-state index contributed by atoms with van der Waals surface area (Å²) >= 11 is 0. The maximum Gasteiger partial charge on any atom is 0.292 e. The van der Waals surface area contributed by atoms with Crippen molar-refractivity contribution in [2.45, 2.75) is 19.8 Å². The smallest absolute Gasteiger partial charge is 0.292 e. The van der Waals surface area contributed by atoms with E-state index in [1.165, 1.54) is 6.07 Å². The van der Waals surface area contributed by atoms with Crippen LogP contribution in [-0.2, 0) is 4.79 Å². The Labute approximate surface area is 106 Å². The molecule has 1 aromatic carbocycles. The van der Waals surface area contributed by atoms with Gasteiger partial charge >= 0.3 is 0 Å². The molecule has 0 amide bonds. The van der Waals surface area contributed by atoms with E-state index in [9.17, 15) is 14.9 Å². The lowest BCUT2D eigenvalue weighted by atomic mass is 9.93. The summed E-state index contributed by atoms with van der Waals surface area (Å²) in [5.41, 5.74) is 0.795. The lowest BCUT2D eigenvalue weighted by Crippen LogP contribution is -2.36. The third kappa shape index (κ3) is 2.50. The van der Waals surface area contributed by atoms with Crippen molar-refractivity contribution in [1.82, 2.24) is 0 Å².